The molecule has 0 unspecified atom stereocenters. The van der Waals surface area contributed by atoms with E-state index in [2.05, 4.69) is 0 Å². The molecule has 10 atom stereocenters. The number of fused-ring (bicyclic) bond motifs is 2. The van der Waals surface area contributed by atoms with Crippen molar-refractivity contribution in [1.29, 1.82) is 0 Å². The van der Waals surface area contributed by atoms with Crippen LogP contribution in [0.2, 0.25) is 0 Å². The fourth-order valence-corrected chi connectivity index (χ4v) is 7.08. The quantitative estimate of drug-likeness (QED) is 0.0964. The molecule has 4 heterocycles. The van der Waals surface area contributed by atoms with Crippen molar-refractivity contribution in [1.82, 2.24) is 0 Å². The smallest absolute Gasteiger partial charge is 0.341 e. The van der Waals surface area contributed by atoms with E-state index in [0.29, 0.717) is 11.8 Å². The van der Waals surface area contributed by atoms with Gasteiger partial charge in [0.25, 0.3) is 0 Å². The summed E-state index contributed by atoms with van der Waals surface area (Å²) in [7, 11) is 0. The second-order valence-corrected chi connectivity index (χ2v) is 13.0. The Kier molecular flexibility index (Phi) is 11.2. The molecule has 2 aromatic heterocycles. The van der Waals surface area contributed by atoms with Gasteiger partial charge in [-0.2, -0.15) is 0 Å². The maximum Gasteiger partial charge on any atom is 0.341 e. The van der Waals surface area contributed by atoms with Gasteiger partial charge < -0.3 is 58.4 Å². The van der Waals surface area contributed by atoms with Crippen molar-refractivity contribution in [2.24, 2.45) is 0 Å². The standard InChI is InChI=1S/C32H30F4O14S/c33-15-1-3-17-13(21(15)35)5-11(29(43)47-17)9-45-27-23(39)19(7-37)49-31(25(27)41)51-32-26(42)28(24(40)20(8-38)50-32)46-10-12-6-14-18(48-30(12)44)4-2-16(34)22(14)36/h1-6,19-20,23-28,31-32,37-42H,7-10H2/t19-,20-,23+,24+,25-,26-,27+,28+,31+,32+/m1/s1. The van der Waals surface area contributed by atoms with Crippen LogP contribution in [-0.4, -0.2) is 104 Å². The molecule has 0 spiro atoms. The van der Waals surface area contributed by atoms with Gasteiger partial charge in [-0.25, -0.2) is 27.2 Å². The van der Waals surface area contributed by atoms with Crippen molar-refractivity contribution in [2.45, 2.75) is 72.9 Å². The summed E-state index contributed by atoms with van der Waals surface area (Å²) in [6.07, 6.45) is -12.9. The van der Waals surface area contributed by atoms with Gasteiger partial charge in [0.05, 0.1) is 48.3 Å². The van der Waals surface area contributed by atoms with E-state index < -0.39 is 121 Å². The Morgan fingerprint density at radius 2 is 1.02 bits per heavy atom. The monoisotopic (exact) mass is 746 g/mol. The van der Waals surface area contributed by atoms with Crippen molar-refractivity contribution >= 4 is 33.7 Å². The number of hydrogen-bond acceptors (Lipinski definition) is 15. The van der Waals surface area contributed by atoms with Gasteiger partial charge in [-0.1, -0.05) is 11.8 Å². The van der Waals surface area contributed by atoms with E-state index >= 15 is 0 Å². The van der Waals surface area contributed by atoms with Crippen LogP contribution in [0, 0.1) is 23.3 Å². The molecule has 2 aromatic carbocycles. The van der Waals surface area contributed by atoms with Crippen molar-refractivity contribution < 1.29 is 76.0 Å². The van der Waals surface area contributed by atoms with Crippen molar-refractivity contribution in [2.75, 3.05) is 13.2 Å². The molecule has 4 aromatic rings. The summed E-state index contributed by atoms with van der Waals surface area (Å²) in [6, 6.07) is 5.63. The lowest BCUT2D eigenvalue weighted by molar-refractivity contribution is -0.231. The van der Waals surface area contributed by atoms with E-state index in [1.165, 1.54) is 0 Å². The Morgan fingerprint density at radius 1 is 0.627 bits per heavy atom. The average molecular weight is 747 g/mol. The first-order valence-electron chi connectivity index (χ1n) is 15.3. The normalized spacial score (nSPS) is 29.9. The van der Waals surface area contributed by atoms with Crippen LogP contribution < -0.4 is 11.3 Å². The summed E-state index contributed by atoms with van der Waals surface area (Å²) >= 11 is 0.576. The largest absolute Gasteiger partial charge is 0.422 e. The highest BCUT2D eigenvalue weighted by molar-refractivity contribution is 8.00. The van der Waals surface area contributed by atoms with Gasteiger partial charge in [0.2, 0.25) is 0 Å². The van der Waals surface area contributed by atoms with Crippen molar-refractivity contribution in [3.63, 3.8) is 0 Å². The molecule has 2 fully saturated rings. The Hall–Kier alpha value is -3.47. The van der Waals surface area contributed by atoms with Gasteiger partial charge >= 0.3 is 11.3 Å². The number of ether oxygens (including phenoxy) is 4. The summed E-state index contributed by atoms with van der Waals surface area (Å²) in [4.78, 5) is 25.0. The molecule has 0 bridgehead atoms. The van der Waals surface area contributed by atoms with Gasteiger partial charge in [0.1, 0.15) is 70.9 Å². The van der Waals surface area contributed by atoms with Crippen LogP contribution in [0.25, 0.3) is 21.9 Å². The lowest BCUT2D eigenvalue weighted by Crippen LogP contribution is -2.61. The summed E-state index contributed by atoms with van der Waals surface area (Å²) in [5, 5.41) is 63.0. The lowest BCUT2D eigenvalue weighted by atomic mass is 9.99. The maximum absolute atomic E-state index is 14.4. The predicted octanol–water partition coefficient (Wildman–Crippen LogP) is 0.538. The SMILES string of the molecule is O=c1oc2ccc(F)c(F)c2cc1CO[C@H]1[C@@H](O)[C@@H](CO)O[C@@H](S[C@@H]2O[C@H](CO)[C@H](O)[C@H](OCc3cc4c(F)c(F)ccc4oc3=O)[C@H]2O)[C@@H]1O. The minimum atomic E-state index is -1.78. The first-order valence-corrected chi connectivity index (χ1v) is 16.2. The van der Waals surface area contributed by atoms with Crippen LogP contribution in [0.15, 0.2) is 54.8 Å². The predicted molar refractivity (Wildman–Crippen MR) is 165 cm³/mol. The lowest BCUT2D eigenvalue weighted by Gasteiger charge is -2.46. The topological polar surface area (TPSA) is 219 Å². The maximum atomic E-state index is 14.4. The minimum Gasteiger partial charge on any atom is -0.422 e. The molecule has 14 nitrogen and oxygen atoms in total. The van der Waals surface area contributed by atoms with Crippen molar-refractivity contribution in [3.8, 4) is 0 Å². The number of hydrogen-bond donors (Lipinski definition) is 6. The first kappa shape index (κ1) is 37.3. The highest BCUT2D eigenvalue weighted by atomic mass is 32.2. The summed E-state index contributed by atoms with van der Waals surface area (Å²) in [5.74, 6) is -4.98. The zero-order valence-corrected chi connectivity index (χ0v) is 26.8. The van der Waals surface area contributed by atoms with Gasteiger partial charge in [-0.15, -0.1) is 0 Å². The summed E-state index contributed by atoms with van der Waals surface area (Å²) in [5.41, 5.74) is -5.97. The molecule has 2 aliphatic rings. The zero-order valence-electron chi connectivity index (χ0n) is 25.9. The highest BCUT2D eigenvalue weighted by Gasteiger charge is 2.51. The fourth-order valence-electron chi connectivity index (χ4n) is 5.77. The van der Waals surface area contributed by atoms with Crippen LogP contribution in [0.4, 0.5) is 17.6 Å². The molecule has 51 heavy (non-hydrogen) atoms. The molecule has 0 amide bonds. The third-order valence-corrected chi connectivity index (χ3v) is 9.84. The molecule has 0 radical (unpaired) electrons. The van der Waals surface area contributed by atoms with Gasteiger partial charge in [0, 0.05) is 0 Å². The fraction of sp³-hybridized carbons (Fsp3) is 0.438. The third kappa shape index (κ3) is 7.29. The second-order valence-electron chi connectivity index (χ2n) is 11.8. The van der Waals surface area contributed by atoms with Crippen molar-refractivity contribution in [3.05, 3.63) is 91.6 Å². The van der Waals surface area contributed by atoms with E-state index in [1.807, 2.05) is 0 Å². The van der Waals surface area contributed by atoms with Gasteiger partial charge in [-0.3, -0.25) is 0 Å². The number of rotatable bonds is 10. The van der Waals surface area contributed by atoms with Crippen LogP contribution in [0.3, 0.4) is 0 Å². The van der Waals surface area contributed by atoms with Crippen LogP contribution >= 0.6 is 11.8 Å². The molecule has 0 aliphatic carbocycles. The average Bonchev–Trinajstić information content (AvgIpc) is 3.11. The van der Waals surface area contributed by atoms with Gasteiger partial charge in [-0.05, 0) is 36.4 Å². The van der Waals surface area contributed by atoms with E-state index in [4.69, 9.17) is 27.8 Å². The molecule has 0 saturated carbocycles. The minimum absolute atomic E-state index is 0.241. The number of benzene rings is 2. The van der Waals surface area contributed by atoms with E-state index in [9.17, 15) is 57.8 Å². The second kappa shape index (κ2) is 15.2. The summed E-state index contributed by atoms with van der Waals surface area (Å²) < 4.78 is 88.8. The molecule has 6 N–H and O–H groups in total. The first-order chi connectivity index (χ1) is 24.3. The molecule has 19 heteroatoms. The molecule has 2 saturated heterocycles. The highest BCUT2D eigenvalue weighted by Crippen LogP contribution is 2.38. The Labute approximate surface area is 287 Å². The van der Waals surface area contributed by atoms with Crippen LogP contribution in [-0.2, 0) is 32.2 Å². The number of aliphatic hydroxyl groups excluding tert-OH is 6. The molecular formula is C32H30F4O14S. The van der Waals surface area contributed by atoms with Crippen LogP contribution in [0.5, 0.6) is 0 Å². The third-order valence-electron chi connectivity index (χ3n) is 8.53. The molecule has 6 rings (SSSR count). The Morgan fingerprint density at radius 3 is 1.39 bits per heavy atom. The zero-order chi connectivity index (χ0) is 36.7. The molecular weight excluding hydrogens is 716 g/mol. The van der Waals surface area contributed by atoms with E-state index in [-0.39, 0.29) is 33.1 Å². The Balaban J connectivity index is 1.19. The number of halogens is 4. The molecule has 276 valence electrons. The van der Waals surface area contributed by atoms with E-state index in [1.54, 1.807) is 0 Å². The molecule has 2 aliphatic heterocycles. The van der Waals surface area contributed by atoms with Gasteiger partial charge in [0.15, 0.2) is 23.3 Å². The van der Waals surface area contributed by atoms with E-state index in [0.717, 1.165) is 36.4 Å². The Bertz CT molecular complexity index is 1870. The number of thioether (sulfide) groups is 1. The number of aliphatic hydroxyl groups is 6. The van der Waals surface area contributed by atoms with Crippen LogP contribution in [0.1, 0.15) is 11.1 Å². The summed E-state index contributed by atoms with van der Waals surface area (Å²) in [6.45, 7) is -2.97.